The number of carbonyl (C=O) groups excluding carboxylic acids is 2. The zero-order valence-electron chi connectivity index (χ0n) is 12.7. The van der Waals surface area contributed by atoms with Gasteiger partial charge in [-0.3, -0.25) is 4.79 Å². The Hall–Kier alpha value is -1.64. The average Bonchev–Trinajstić information content (AvgIpc) is 2.90. The Bertz CT molecular complexity index is 519. The van der Waals surface area contributed by atoms with E-state index in [0.29, 0.717) is 19.3 Å². The number of benzene rings is 1. The van der Waals surface area contributed by atoms with Crippen LogP contribution in [0.2, 0.25) is 0 Å². The van der Waals surface area contributed by atoms with Crippen LogP contribution in [0.15, 0.2) is 18.2 Å². The number of unbranched alkanes of at least 4 members (excludes halogenated alkanes) is 4. The van der Waals surface area contributed by atoms with Crippen molar-refractivity contribution in [2.45, 2.75) is 58.3 Å². The van der Waals surface area contributed by atoms with Gasteiger partial charge in [0.25, 0.3) is 0 Å². The number of Topliss-reactive ketones (excluding diaryl/α,β-unsaturated/α-hetero) is 1. The van der Waals surface area contributed by atoms with Crippen LogP contribution in [0.5, 0.6) is 0 Å². The van der Waals surface area contributed by atoms with Crippen molar-refractivity contribution in [2.24, 2.45) is 5.92 Å². The molecule has 0 aromatic heterocycles. The van der Waals surface area contributed by atoms with Crippen molar-refractivity contribution in [2.75, 3.05) is 0 Å². The third-order valence-electron chi connectivity index (χ3n) is 4.30. The van der Waals surface area contributed by atoms with Gasteiger partial charge in [-0.15, -0.1) is 0 Å². The van der Waals surface area contributed by atoms with E-state index in [1.807, 2.05) is 18.2 Å². The van der Waals surface area contributed by atoms with Gasteiger partial charge < -0.3 is 9.90 Å². The van der Waals surface area contributed by atoms with Crippen LogP contribution in [-0.2, 0) is 17.6 Å². The SMILES string of the molecule is CCCCCCCC(=O)c1ccc2c(c1)CC(C(=O)[O-])C2. The molecule has 3 nitrogen and oxygen atoms in total. The molecule has 1 aliphatic rings. The van der Waals surface area contributed by atoms with Crippen LogP contribution in [-0.4, -0.2) is 11.8 Å². The molecule has 0 spiro atoms. The van der Waals surface area contributed by atoms with Gasteiger partial charge in [0, 0.05) is 23.9 Å². The number of rotatable bonds is 8. The standard InChI is InChI=1S/C18H24O3/c1-2-3-4-5-6-7-17(19)14-9-8-13-10-16(18(20)21)12-15(13)11-14/h8-9,11,16H,2-7,10,12H2,1H3,(H,20,21)/p-1. The molecule has 3 heteroatoms. The third kappa shape index (κ3) is 4.16. The van der Waals surface area contributed by atoms with Crippen LogP contribution in [0.1, 0.15) is 66.9 Å². The molecule has 0 fully saturated rings. The number of ketones is 1. The monoisotopic (exact) mass is 287 g/mol. The van der Waals surface area contributed by atoms with Gasteiger partial charge >= 0.3 is 0 Å². The topological polar surface area (TPSA) is 57.2 Å². The Morgan fingerprint density at radius 1 is 1.10 bits per heavy atom. The van der Waals surface area contributed by atoms with Gasteiger partial charge in [0.05, 0.1) is 0 Å². The smallest absolute Gasteiger partial charge is 0.162 e. The molecule has 1 aliphatic carbocycles. The van der Waals surface area contributed by atoms with Crippen molar-refractivity contribution in [3.8, 4) is 0 Å². The van der Waals surface area contributed by atoms with E-state index in [4.69, 9.17) is 0 Å². The van der Waals surface area contributed by atoms with Gasteiger partial charge in [0.2, 0.25) is 0 Å². The van der Waals surface area contributed by atoms with E-state index in [-0.39, 0.29) is 5.78 Å². The van der Waals surface area contributed by atoms with Gasteiger partial charge in [-0.1, -0.05) is 44.7 Å². The first-order chi connectivity index (χ1) is 10.1. The second-order valence-corrected chi connectivity index (χ2v) is 6.00. The summed E-state index contributed by atoms with van der Waals surface area (Å²) in [6, 6.07) is 5.63. The molecular weight excluding hydrogens is 264 g/mol. The summed E-state index contributed by atoms with van der Waals surface area (Å²) in [6.45, 7) is 2.18. The van der Waals surface area contributed by atoms with Crippen molar-refractivity contribution >= 4 is 11.8 Å². The lowest BCUT2D eigenvalue weighted by atomic mass is 10.00. The molecule has 0 aliphatic heterocycles. The highest BCUT2D eigenvalue weighted by molar-refractivity contribution is 5.96. The van der Waals surface area contributed by atoms with Gasteiger partial charge in [-0.05, 0) is 36.5 Å². The maximum atomic E-state index is 12.2. The highest BCUT2D eigenvalue weighted by Gasteiger charge is 2.23. The summed E-state index contributed by atoms with van der Waals surface area (Å²) in [5.41, 5.74) is 2.77. The number of carboxylic acid groups (broad SMARTS) is 1. The summed E-state index contributed by atoms with van der Waals surface area (Å²) in [7, 11) is 0. The van der Waals surface area contributed by atoms with E-state index in [1.165, 1.54) is 19.3 Å². The highest BCUT2D eigenvalue weighted by Crippen LogP contribution is 2.27. The van der Waals surface area contributed by atoms with Crippen LogP contribution in [0.4, 0.5) is 0 Å². The average molecular weight is 287 g/mol. The van der Waals surface area contributed by atoms with Crippen molar-refractivity contribution < 1.29 is 14.7 Å². The quantitative estimate of drug-likeness (QED) is 0.545. The van der Waals surface area contributed by atoms with E-state index >= 15 is 0 Å². The van der Waals surface area contributed by atoms with Crippen molar-refractivity contribution in [3.63, 3.8) is 0 Å². The molecule has 0 N–H and O–H groups in total. The molecule has 1 atom stereocenters. The summed E-state index contributed by atoms with van der Waals surface area (Å²) in [5, 5.41) is 10.9. The van der Waals surface area contributed by atoms with Gasteiger partial charge in [0.1, 0.15) is 0 Å². The molecule has 1 unspecified atom stereocenters. The molecule has 0 heterocycles. The van der Waals surface area contributed by atoms with Crippen LogP contribution >= 0.6 is 0 Å². The Morgan fingerprint density at radius 3 is 2.52 bits per heavy atom. The molecule has 0 saturated heterocycles. The fraction of sp³-hybridized carbons (Fsp3) is 0.556. The van der Waals surface area contributed by atoms with Crippen molar-refractivity contribution in [1.29, 1.82) is 0 Å². The zero-order valence-corrected chi connectivity index (χ0v) is 12.7. The maximum Gasteiger partial charge on any atom is 0.162 e. The van der Waals surface area contributed by atoms with Crippen LogP contribution in [0.3, 0.4) is 0 Å². The second kappa shape index (κ2) is 7.39. The summed E-state index contributed by atoms with van der Waals surface area (Å²) in [4.78, 5) is 23.1. The van der Waals surface area contributed by atoms with Gasteiger partial charge in [0.15, 0.2) is 5.78 Å². The molecule has 2 rings (SSSR count). The number of hydrogen-bond donors (Lipinski definition) is 0. The van der Waals surface area contributed by atoms with E-state index < -0.39 is 11.9 Å². The fourth-order valence-corrected chi connectivity index (χ4v) is 2.99. The summed E-state index contributed by atoms with van der Waals surface area (Å²) >= 11 is 0. The Kier molecular flexibility index (Phi) is 5.54. The fourth-order valence-electron chi connectivity index (χ4n) is 2.99. The lowest BCUT2D eigenvalue weighted by molar-refractivity contribution is -0.311. The predicted octanol–water partition coefficient (Wildman–Crippen LogP) is 2.69. The highest BCUT2D eigenvalue weighted by atomic mass is 16.4. The van der Waals surface area contributed by atoms with E-state index in [0.717, 1.165) is 29.5 Å². The van der Waals surface area contributed by atoms with Crippen LogP contribution in [0.25, 0.3) is 0 Å². The minimum atomic E-state index is -0.991. The molecule has 1 aromatic rings. The lowest BCUT2D eigenvalue weighted by Crippen LogP contribution is -2.31. The van der Waals surface area contributed by atoms with Crippen molar-refractivity contribution in [3.05, 3.63) is 34.9 Å². The third-order valence-corrected chi connectivity index (χ3v) is 4.30. The second-order valence-electron chi connectivity index (χ2n) is 6.00. The Labute approximate surface area is 126 Å². The van der Waals surface area contributed by atoms with Crippen LogP contribution < -0.4 is 5.11 Å². The summed E-state index contributed by atoms with van der Waals surface area (Å²) < 4.78 is 0. The normalized spacial score (nSPS) is 16.7. The molecule has 0 bridgehead atoms. The number of carboxylic acids is 1. The van der Waals surface area contributed by atoms with Crippen molar-refractivity contribution in [1.82, 2.24) is 0 Å². The first-order valence-corrected chi connectivity index (χ1v) is 7.97. The van der Waals surface area contributed by atoms with Gasteiger partial charge in [-0.25, -0.2) is 0 Å². The zero-order chi connectivity index (χ0) is 15.2. The molecule has 1 aromatic carbocycles. The number of fused-ring (bicyclic) bond motifs is 1. The minimum Gasteiger partial charge on any atom is -0.550 e. The minimum absolute atomic E-state index is 0.172. The lowest BCUT2D eigenvalue weighted by Gasteiger charge is -2.08. The number of hydrogen-bond acceptors (Lipinski definition) is 3. The van der Waals surface area contributed by atoms with E-state index in [9.17, 15) is 14.7 Å². The predicted molar refractivity (Wildman–Crippen MR) is 80.1 cm³/mol. The largest absolute Gasteiger partial charge is 0.550 e. The first-order valence-electron chi connectivity index (χ1n) is 7.97. The molecule has 0 saturated carbocycles. The maximum absolute atomic E-state index is 12.2. The number of aliphatic carboxylic acids is 1. The summed E-state index contributed by atoms with van der Waals surface area (Å²) in [6.07, 6.45) is 7.30. The van der Waals surface area contributed by atoms with Crippen LogP contribution in [0, 0.1) is 5.92 Å². The molecular formula is C18H23O3-. The number of carbonyl (C=O) groups is 2. The Morgan fingerprint density at radius 2 is 1.81 bits per heavy atom. The Balaban J connectivity index is 1.89. The molecule has 0 radical (unpaired) electrons. The first kappa shape index (κ1) is 15.7. The van der Waals surface area contributed by atoms with E-state index in [2.05, 4.69) is 6.92 Å². The molecule has 114 valence electrons. The summed E-state index contributed by atoms with van der Waals surface area (Å²) in [5.74, 6) is -1.25. The van der Waals surface area contributed by atoms with Gasteiger partial charge in [-0.2, -0.15) is 0 Å². The molecule has 0 amide bonds. The van der Waals surface area contributed by atoms with E-state index in [1.54, 1.807) is 0 Å². The molecule has 21 heavy (non-hydrogen) atoms.